The van der Waals surface area contributed by atoms with Crippen molar-refractivity contribution in [1.82, 2.24) is 5.32 Å². The lowest BCUT2D eigenvalue weighted by atomic mass is 9.44. The number of rotatable bonds is 9. The quantitative estimate of drug-likeness (QED) is 0.248. The summed E-state index contributed by atoms with van der Waals surface area (Å²) < 4.78 is 6.45. The topological polar surface area (TPSA) is 75.6 Å². The number of ether oxygens (including phenoxy) is 1. The van der Waals surface area contributed by atoms with Gasteiger partial charge in [0.2, 0.25) is 0 Å². The van der Waals surface area contributed by atoms with Gasteiger partial charge in [0.1, 0.15) is 5.75 Å². The fraction of sp³-hybridized carbons (Fsp3) is 0.613. The predicted octanol–water partition coefficient (Wildman–Crippen LogP) is 9.07. The normalized spacial score (nSPS) is 22.6. The standard InChI is InChI=1S/C26H33NO4S.5CH4/c1-26(2)17-12-16(8-6-4-5-7-9-23(28)29)24(21(26)13-17)27-25(30)20-15-32-22-11-10-18(31-3)14-19(20)22;;;;;/h4,6,10-11,14-17,21,24H,5,7-9,12-13H2,1-3H3,(H,27,30)(H,28,29);5*1H4/b6-4-;;;;;/t16-,17+,21+,24-;;;;;/m1...../s1. The first-order valence-corrected chi connectivity index (χ1v) is 12.4. The summed E-state index contributed by atoms with van der Waals surface area (Å²) in [6.45, 7) is 4.68. The first-order chi connectivity index (χ1) is 15.3. The average molecular weight is 536 g/mol. The molecule has 3 aliphatic rings. The number of hydrogen-bond donors (Lipinski definition) is 2. The Morgan fingerprint density at radius 3 is 2.46 bits per heavy atom. The van der Waals surface area contributed by atoms with Crippen molar-refractivity contribution in [2.24, 2.45) is 23.2 Å². The number of hydrogen-bond acceptors (Lipinski definition) is 4. The summed E-state index contributed by atoms with van der Waals surface area (Å²) >= 11 is 1.59. The molecular weight excluding hydrogens is 482 g/mol. The minimum atomic E-state index is -0.741. The Bertz CT molecular complexity index is 1030. The van der Waals surface area contributed by atoms with Crippen LogP contribution < -0.4 is 10.1 Å². The van der Waals surface area contributed by atoms with Gasteiger partial charge in [0, 0.05) is 27.9 Å². The van der Waals surface area contributed by atoms with Crippen LogP contribution in [-0.4, -0.2) is 30.1 Å². The number of amides is 1. The summed E-state index contributed by atoms with van der Waals surface area (Å²) in [6.07, 6.45) is 9.21. The third-order valence-corrected chi connectivity index (χ3v) is 8.73. The van der Waals surface area contributed by atoms with E-state index in [9.17, 15) is 9.59 Å². The second-order valence-electron chi connectivity index (χ2n) is 9.86. The SMILES string of the molecule is C.C.C.C.C.COc1ccc2scc(C(=O)N[C@@H]3[C@H](C/C=C\CCCC(=O)O)C[C@H]4C[C@@H]3C4(C)C)c2c1. The molecule has 2 aromatic rings. The lowest BCUT2D eigenvalue weighted by Gasteiger charge is -2.62. The number of carbonyl (C=O) groups is 2. The highest BCUT2D eigenvalue weighted by Crippen LogP contribution is 2.61. The van der Waals surface area contributed by atoms with Gasteiger partial charge in [0.25, 0.3) is 5.91 Å². The number of methoxy groups -OCH3 is 1. The zero-order valence-electron chi connectivity index (χ0n) is 19.1. The zero-order chi connectivity index (χ0) is 22.9. The molecule has 1 aromatic carbocycles. The van der Waals surface area contributed by atoms with Crippen molar-refractivity contribution in [1.29, 1.82) is 0 Å². The molecule has 1 aromatic heterocycles. The second-order valence-corrected chi connectivity index (χ2v) is 10.8. The van der Waals surface area contributed by atoms with E-state index in [1.165, 1.54) is 6.42 Å². The van der Waals surface area contributed by atoms with E-state index < -0.39 is 5.97 Å². The lowest BCUT2D eigenvalue weighted by Crippen LogP contribution is -2.63. The van der Waals surface area contributed by atoms with Crippen molar-refractivity contribution in [3.8, 4) is 5.75 Å². The molecule has 3 saturated carbocycles. The van der Waals surface area contributed by atoms with Gasteiger partial charge in [0.05, 0.1) is 12.7 Å². The molecule has 6 heteroatoms. The number of carboxylic acids is 1. The van der Waals surface area contributed by atoms with Crippen LogP contribution in [-0.2, 0) is 4.79 Å². The fourth-order valence-corrected chi connectivity index (χ4v) is 6.59. The van der Waals surface area contributed by atoms with Crippen molar-refractivity contribution < 1.29 is 19.4 Å². The molecule has 4 atom stereocenters. The summed E-state index contributed by atoms with van der Waals surface area (Å²) in [7, 11) is 1.64. The van der Waals surface area contributed by atoms with Gasteiger partial charge in [-0.2, -0.15) is 0 Å². The highest BCUT2D eigenvalue weighted by molar-refractivity contribution is 7.17. The van der Waals surface area contributed by atoms with E-state index in [0.717, 1.165) is 46.6 Å². The van der Waals surface area contributed by atoms with Crippen molar-refractivity contribution in [2.75, 3.05) is 7.11 Å². The van der Waals surface area contributed by atoms with Crippen molar-refractivity contribution >= 4 is 33.3 Å². The Morgan fingerprint density at radius 2 is 1.84 bits per heavy atom. The number of unbranched alkanes of at least 4 members (excludes halogenated alkanes) is 1. The largest absolute Gasteiger partial charge is 0.497 e. The number of aliphatic carboxylic acids is 1. The molecule has 5 nitrogen and oxygen atoms in total. The van der Waals surface area contributed by atoms with E-state index in [-0.39, 0.29) is 60.9 Å². The van der Waals surface area contributed by atoms with Gasteiger partial charge in [0.15, 0.2) is 0 Å². The maximum Gasteiger partial charge on any atom is 0.303 e. The third-order valence-electron chi connectivity index (χ3n) is 7.76. The number of thiophene rings is 1. The van der Waals surface area contributed by atoms with Crippen LogP contribution in [0.3, 0.4) is 0 Å². The molecule has 0 spiro atoms. The average Bonchev–Trinajstić information content (AvgIpc) is 3.19. The van der Waals surface area contributed by atoms with Gasteiger partial charge >= 0.3 is 5.97 Å². The van der Waals surface area contributed by atoms with Gasteiger partial charge in [-0.3, -0.25) is 9.59 Å². The van der Waals surface area contributed by atoms with Crippen molar-refractivity contribution in [2.45, 2.75) is 95.5 Å². The Labute approximate surface area is 230 Å². The summed E-state index contributed by atoms with van der Waals surface area (Å²) in [5, 5.41) is 15.1. The van der Waals surface area contributed by atoms with E-state index in [1.807, 2.05) is 23.6 Å². The van der Waals surface area contributed by atoms with Crippen molar-refractivity contribution in [3.63, 3.8) is 0 Å². The smallest absolute Gasteiger partial charge is 0.303 e. The molecule has 3 fully saturated rings. The van der Waals surface area contributed by atoms with Gasteiger partial charge < -0.3 is 15.2 Å². The lowest BCUT2D eigenvalue weighted by molar-refractivity contribution is -0.137. The number of fused-ring (bicyclic) bond motifs is 3. The van der Waals surface area contributed by atoms with Gasteiger partial charge in [-0.1, -0.05) is 63.1 Å². The molecule has 0 aliphatic heterocycles. The molecule has 3 aliphatic carbocycles. The van der Waals surface area contributed by atoms with E-state index in [1.54, 1.807) is 18.4 Å². The number of nitrogens with one attached hydrogen (secondary N) is 1. The molecule has 1 amide bonds. The summed E-state index contributed by atoms with van der Waals surface area (Å²) in [6, 6.07) is 6.04. The van der Waals surface area contributed by atoms with E-state index in [4.69, 9.17) is 9.84 Å². The minimum Gasteiger partial charge on any atom is -0.497 e. The molecule has 5 rings (SSSR count). The van der Waals surface area contributed by atoms with E-state index in [0.29, 0.717) is 18.3 Å². The van der Waals surface area contributed by atoms with Crippen LogP contribution in [0.2, 0.25) is 0 Å². The Hall–Kier alpha value is -2.34. The molecule has 2 bridgehead atoms. The van der Waals surface area contributed by atoms with Crippen molar-refractivity contribution in [3.05, 3.63) is 41.3 Å². The van der Waals surface area contributed by atoms with Crippen LogP contribution >= 0.6 is 11.3 Å². The summed E-state index contributed by atoms with van der Waals surface area (Å²) in [5.74, 6) is 1.66. The van der Waals surface area contributed by atoms with Crippen LogP contribution in [0.25, 0.3) is 10.1 Å². The highest BCUT2D eigenvalue weighted by atomic mass is 32.1. The molecule has 37 heavy (non-hydrogen) atoms. The molecule has 0 radical (unpaired) electrons. The van der Waals surface area contributed by atoms with Crippen LogP contribution in [0.4, 0.5) is 0 Å². The molecule has 212 valence electrons. The highest BCUT2D eigenvalue weighted by Gasteiger charge is 2.57. The summed E-state index contributed by atoms with van der Waals surface area (Å²) in [5.41, 5.74) is 0.991. The second kappa shape index (κ2) is 15.2. The predicted molar refractivity (Wildman–Crippen MR) is 162 cm³/mol. The van der Waals surface area contributed by atoms with Crippen LogP contribution in [0.5, 0.6) is 5.75 Å². The Morgan fingerprint density at radius 1 is 1.14 bits per heavy atom. The van der Waals surface area contributed by atoms with Crippen LogP contribution in [0.1, 0.15) is 99.9 Å². The molecule has 0 unspecified atom stereocenters. The molecule has 2 N–H and O–H groups in total. The number of carbonyl (C=O) groups excluding carboxylic acids is 1. The minimum absolute atomic E-state index is 0. The zero-order valence-corrected chi connectivity index (χ0v) is 19.9. The van der Waals surface area contributed by atoms with E-state index >= 15 is 0 Å². The molecular formula is C31H53NO4S. The van der Waals surface area contributed by atoms with Gasteiger partial charge in [-0.05, 0) is 73.5 Å². The van der Waals surface area contributed by atoms with E-state index in [2.05, 4.69) is 31.3 Å². The van der Waals surface area contributed by atoms with Gasteiger partial charge in [-0.15, -0.1) is 11.3 Å². The number of carboxylic acid groups (broad SMARTS) is 1. The Balaban J connectivity index is 0. The van der Waals surface area contributed by atoms with Gasteiger partial charge in [-0.25, -0.2) is 0 Å². The monoisotopic (exact) mass is 535 g/mol. The van der Waals surface area contributed by atoms with Crippen LogP contribution in [0.15, 0.2) is 35.7 Å². The third kappa shape index (κ3) is 7.59. The Kier molecular flexibility index (Phi) is 15.1. The van der Waals surface area contributed by atoms with Crippen LogP contribution in [0, 0.1) is 23.2 Å². The maximum absolute atomic E-state index is 13.4. The number of allylic oxidation sites excluding steroid dienone is 2. The first kappa shape index (κ1) is 36.8. The molecule has 0 saturated heterocycles. The first-order valence-electron chi connectivity index (χ1n) is 11.5. The fourth-order valence-electron chi connectivity index (χ4n) is 5.67. The maximum atomic E-state index is 13.4. The number of benzene rings is 1. The summed E-state index contributed by atoms with van der Waals surface area (Å²) in [4.78, 5) is 24.0. The molecule has 1 heterocycles.